The number of primary sulfonamides is 1. The van der Waals surface area contributed by atoms with Gasteiger partial charge in [-0.15, -0.1) is 0 Å². The Morgan fingerprint density at radius 3 is 2.56 bits per heavy atom. The van der Waals surface area contributed by atoms with Crippen LogP contribution in [0.3, 0.4) is 0 Å². The molecule has 1 atom stereocenters. The Hall–Kier alpha value is -1.35. The van der Waals surface area contributed by atoms with Crippen LogP contribution in [0, 0.1) is 17.8 Å². The van der Waals surface area contributed by atoms with E-state index < -0.39 is 10.0 Å². The summed E-state index contributed by atoms with van der Waals surface area (Å²) in [6, 6.07) is 6.50. The highest BCUT2D eigenvalue weighted by molar-refractivity contribution is 7.89. The first kappa shape index (κ1) is 20.0. The van der Waals surface area contributed by atoms with Crippen LogP contribution in [-0.2, 0) is 10.0 Å². The minimum atomic E-state index is -3.68. The quantitative estimate of drug-likeness (QED) is 0.839. The molecule has 1 aliphatic rings. The number of rotatable bonds is 3. The van der Waals surface area contributed by atoms with Crippen LogP contribution in [0.5, 0.6) is 0 Å². The van der Waals surface area contributed by atoms with Gasteiger partial charge in [-0.3, -0.25) is 4.90 Å². The molecule has 0 amide bonds. The molecule has 138 valence electrons. The number of hydrogen-bond donors (Lipinski definition) is 1. The molecular formula is C20H30N2O2S. The van der Waals surface area contributed by atoms with Crippen LogP contribution < -0.4 is 5.14 Å². The predicted molar refractivity (Wildman–Crippen MR) is 103 cm³/mol. The number of benzene rings is 1. The number of hydrogen-bond acceptors (Lipinski definition) is 3. The van der Waals surface area contributed by atoms with Gasteiger partial charge in [-0.05, 0) is 71.6 Å². The monoisotopic (exact) mass is 362 g/mol. The van der Waals surface area contributed by atoms with Crippen LogP contribution in [-0.4, -0.2) is 30.9 Å². The molecule has 0 bridgehead atoms. The van der Waals surface area contributed by atoms with E-state index in [1.54, 1.807) is 6.07 Å². The summed E-state index contributed by atoms with van der Waals surface area (Å²) in [7, 11) is -3.68. The van der Waals surface area contributed by atoms with Crippen molar-refractivity contribution >= 4 is 10.0 Å². The number of nitrogens with zero attached hydrogens (tertiary/aromatic N) is 1. The third-order valence-corrected chi connectivity index (χ3v) is 5.75. The second-order valence-corrected chi connectivity index (χ2v) is 10.1. The maximum atomic E-state index is 11.4. The second kappa shape index (κ2) is 7.11. The van der Waals surface area contributed by atoms with E-state index in [1.165, 1.54) is 18.6 Å². The SMILES string of the molecule is CC(C)(C)N1CC(CCC#Cc2cccc(S(N)(=O)=O)c2)CC1(C)C. The maximum Gasteiger partial charge on any atom is 0.238 e. The molecule has 0 aliphatic carbocycles. The van der Waals surface area contributed by atoms with Crippen molar-refractivity contribution in [3.8, 4) is 11.8 Å². The first-order chi connectivity index (χ1) is 11.4. The second-order valence-electron chi connectivity index (χ2n) is 8.58. The fourth-order valence-electron chi connectivity index (χ4n) is 3.95. The molecule has 0 aromatic heterocycles. The van der Waals surface area contributed by atoms with Crippen molar-refractivity contribution in [2.45, 2.75) is 69.9 Å². The van der Waals surface area contributed by atoms with E-state index in [9.17, 15) is 8.42 Å². The van der Waals surface area contributed by atoms with Gasteiger partial charge in [0.1, 0.15) is 0 Å². The molecule has 1 aromatic rings. The van der Waals surface area contributed by atoms with Gasteiger partial charge < -0.3 is 0 Å². The Morgan fingerprint density at radius 2 is 2.00 bits per heavy atom. The Balaban J connectivity index is 1.96. The normalized spacial score (nSPS) is 21.0. The fourth-order valence-corrected chi connectivity index (χ4v) is 4.51. The first-order valence-corrected chi connectivity index (χ1v) is 10.3. The lowest BCUT2D eigenvalue weighted by Gasteiger charge is -2.42. The van der Waals surface area contributed by atoms with Gasteiger partial charge in [-0.25, -0.2) is 13.6 Å². The van der Waals surface area contributed by atoms with Gasteiger partial charge in [0.25, 0.3) is 0 Å². The highest BCUT2D eigenvalue weighted by Crippen LogP contribution is 2.39. The molecule has 1 heterocycles. The largest absolute Gasteiger partial charge is 0.293 e. The molecule has 5 heteroatoms. The average Bonchev–Trinajstić information content (AvgIpc) is 2.78. The van der Waals surface area contributed by atoms with Crippen LogP contribution in [0.4, 0.5) is 0 Å². The third-order valence-electron chi connectivity index (χ3n) is 4.84. The van der Waals surface area contributed by atoms with Gasteiger partial charge >= 0.3 is 0 Å². The lowest BCUT2D eigenvalue weighted by Crippen LogP contribution is -2.50. The summed E-state index contributed by atoms with van der Waals surface area (Å²) in [5, 5.41) is 5.16. The molecule has 1 fully saturated rings. The smallest absolute Gasteiger partial charge is 0.238 e. The van der Waals surface area contributed by atoms with Gasteiger partial charge in [-0.1, -0.05) is 17.9 Å². The molecule has 1 aliphatic heterocycles. The fraction of sp³-hybridized carbons (Fsp3) is 0.600. The summed E-state index contributed by atoms with van der Waals surface area (Å²) in [5.41, 5.74) is 1.09. The molecule has 25 heavy (non-hydrogen) atoms. The molecule has 4 nitrogen and oxygen atoms in total. The number of likely N-dealkylation sites (tertiary alicyclic amines) is 1. The third kappa shape index (κ3) is 5.31. The van der Waals surface area contributed by atoms with E-state index in [2.05, 4.69) is 51.4 Å². The number of nitrogens with two attached hydrogens (primary N) is 1. The molecule has 2 N–H and O–H groups in total. The van der Waals surface area contributed by atoms with E-state index in [1.807, 2.05) is 6.07 Å². The maximum absolute atomic E-state index is 11.4. The summed E-state index contributed by atoms with van der Waals surface area (Å²) in [5.74, 6) is 6.90. The van der Waals surface area contributed by atoms with Gasteiger partial charge in [0, 0.05) is 29.6 Å². The lowest BCUT2D eigenvalue weighted by molar-refractivity contribution is 0.0670. The van der Waals surface area contributed by atoms with Crippen LogP contribution in [0.1, 0.15) is 59.4 Å². The Labute approximate surface area is 152 Å². The predicted octanol–water partition coefficient (Wildman–Crippen LogP) is 3.36. The standard InChI is InChI=1S/C20H30N2O2S/c1-19(2,3)22-15-17(14-20(22,4)5)10-7-6-9-16-11-8-12-18(13-16)25(21,23)24/h8,11-13,17H,7,10,14-15H2,1-5H3,(H2,21,23,24). The van der Waals surface area contributed by atoms with Crippen molar-refractivity contribution < 1.29 is 8.42 Å². The van der Waals surface area contributed by atoms with Crippen molar-refractivity contribution in [3.63, 3.8) is 0 Å². The summed E-state index contributed by atoms with van der Waals surface area (Å²) in [4.78, 5) is 2.70. The summed E-state index contributed by atoms with van der Waals surface area (Å²) in [6.45, 7) is 12.6. The molecule has 0 radical (unpaired) electrons. The minimum absolute atomic E-state index is 0.109. The molecular weight excluding hydrogens is 332 g/mol. The van der Waals surface area contributed by atoms with Crippen LogP contribution in [0.25, 0.3) is 0 Å². The van der Waals surface area contributed by atoms with E-state index in [-0.39, 0.29) is 16.0 Å². The van der Waals surface area contributed by atoms with Crippen molar-refractivity contribution in [2.75, 3.05) is 6.54 Å². The van der Waals surface area contributed by atoms with Crippen molar-refractivity contribution in [2.24, 2.45) is 11.1 Å². The molecule has 2 rings (SSSR count). The van der Waals surface area contributed by atoms with Gasteiger partial charge in [0.2, 0.25) is 10.0 Å². The zero-order valence-electron chi connectivity index (χ0n) is 16.0. The van der Waals surface area contributed by atoms with Gasteiger partial charge in [-0.2, -0.15) is 0 Å². The average molecular weight is 363 g/mol. The van der Waals surface area contributed by atoms with E-state index in [4.69, 9.17) is 5.14 Å². The van der Waals surface area contributed by atoms with Gasteiger partial charge in [0.05, 0.1) is 4.90 Å². The summed E-state index contributed by atoms with van der Waals surface area (Å²) >= 11 is 0. The molecule has 1 saturated heterocycles. The van der Waals surface area contributed by atoms with Crippen LogP contribution in [0.15, 0.2) is 29.2 Å². The molecule has 1 aromatic carbocycles. The van der Waals surface area contributed by atoms with E-state index >= 15 is 0 Å². The molecule has 1 unspecified atom stereocenters. The molecule has 0 saturated carbocycles. The van der Waals surface area contributed by atoms with E-state index in [0.717, 1.165) is 19.4 Å². The highest BCUT2D eigenvalue weighted by Gasteiger charge is 2.42. The Kier molecular flexibility index (Phi) is 5.68. The van der Waals surface area contributed by atoms with Crippen molar-refractivity contribution in [3.05, 3.63) is 29.8 Å². The lowest BCUT2D eigenvalue weighted by atomic mass is 9.92. The Bertz CT molecular complexity index is 780. The zero-order valence-corrected chi connectivity index (χ0v) is 16.8. The number of sulfonamides is 1. The highest BCUT2D eigenvalue weighted by atomic mass is 32.2. The summed E-state index contributed by atoms with van der Waals surface area (Å²) in [6.07, 6.45) is 3.07. The van der Waals surface area contributed by atoms with E-state index in [0.29, 0.717) is 11.5 Å². The summed E-state index contributed by atoms with van der Waals surface area (Å²) < 4.78 is 22.8. The van der Waals surface area contributed by atoms with Gasteiger partial charge in [0.15, 0.2) is 0 Å². The first-order valence-electron chi connectivity index (χ1n) is 8.79. The van der Waals surface area contributed by atoms with Crippen molar-refractivity contribution in [1.82, 2.24) is 4.90 Å². The van der Waals surface area contributed by atoms with Crippen LogP contribution in [0.2, 0.25) is 0 Å². The zero-order chi connectivity index (χ0) is 18.9. The molecule has 0 spiro atoms. The topological polar surface area (TPSA) is 63.4 Å². The minimum Gasteiger partial charge on any atom is -0.293 e. The Morgan fingerprint density at radius 1 is 1.32 bits per heavy atom. The van der Waals surface area contributed by atoms with Crippen LogP contribution >= 0.6 is 0 Å². The van der Waals surface area contributed by atoms with Crippen molar-refractivity contribution in [1.29, 1.82) is 0 Å².